The lowest BCUT2D eigenvalue weighted by molar-refractivity contribution is -0.119. The second-order valence-corrected chi connectivity index (χ2v) is 6.41. The quantitative estimate of drug-likeness (QED) is 0.907. The van der Waals surface area contributed by atoms with E-state index in [1.807, 2.05) is 18.2 Å². The third kappa shape index (κ3) is 2.99. The summed E-state index contributed by atoms with van der Waals surface area (Å²) in [6.07, 6.45) is 1.45. The summed E-state index contributed by atoms with van der Waals surface area (Å²) in [6.45, 7) is 6.49. The van der Waals surface area contributed by atoms with Gasteiger partial charge in [0.05, 0.1) is 14.2 Å². The van der Waals surface area contributed by atoms with Crippen LogP contribution in [0.5, 0.6) is 11.5 Å². The third-order valence-electron chi connectivity index (χ3n) is 4.36. The topological polar surface area (TPSA) is 47.6 Å². The Morgan fingerprint density at radius 1 is 1.33 bits per heavy atom. The highest BCUT2D eigenvalue weighted by atomic mass is 16.5. The second-order valence-electron chi connectivity index (χ2n) is 6.41. The first-order valence-corrected chi connectivity index (χ1v) is 7.42. The van der Waals surface area contributed by atoms with E-state index in [-0.39, 0.29) is 17.4 Å². The van der Waals surface area contributed by atoms with Gasteiger partial charge in [0.2, 0.25) is 5.91 Å². The number of carbonyl (C=O) groups is 1. The van der Waals surface area contributed by atoms with Crippen LogP contribution in [0.15, 0.2) is 18.2 Å². The molecule has 4 nitrogen and oxygen atoms in total. The van der Waals surface area contributed by atoms with Crippen LogP contribution in [0.25, 0.3) is 0 Å². The minimum Gasteiger partial charge on any atom is -0.497 e. The first-order valence-electron chi connectivity index (χ1n) is 7.42. The molecule has 0 radical (unpaired) electrons. The number of rotatable bonds is 5. The van der Waals surface area contributed by atoms with Gasteiger partial charge in [0.25, 0.3) is 0 Å². The van der Waals surface area contributed by atoms with Crippen LogP contribution in [-0.2, 0) is 10.2 Å². The van der Waals surface area contributed by atoms with Crippen molar-refractivity contribution in [1.82, 2.24) is 5.32 Å². The highest BCUT2D eigenvalue weighted by molar-refractivity contribution is 5.82. The Bertz CT molecular complexity index is 527. The fourth-order valence-electron chi connectivity index (χ4n) is 3.21. The van der Waals surface area contributed by atoms with Crippen molar-refractivity contribution in [3.8, 4) is 11.5 Å². The molecule has 2 rings (SSSR count). The highest BCUT2D eigenvalue weighted by Gasteiger charge is 2.45. The molecule has 1 aliphatic heterocycles. The van der Waals surface area contributed by atoms with Gasteiger partial charge in [-0.05, 0) is 18.4 Å². The van der Waals surface area contributed by atoms with E-state index in [0.29, 0.717) is 12.3 Å². The summed E-state index contributed by atoms with van der Waals surface area (Å²) in [7, 11) is 3.29. The molecule has 1 aliphatic rings. The van der Waals surface area contributed by atoms with Gasteiger partial charge in [0.15, 0.2) is 0 Å². The Kier molecular flexibility index (Phi) is 4.45. The van der Waals surface area contributed by atoms with Crippen molar-refractivity contribution in [3.05, 3.63) is 23.8 Å². The van der Waals surface area contributed by atoms with Crippen LogP contribution in [0.4, 0.5) is 0 Å². The van der Waals surface area contributed by atoms with Gasteiger partial charge < -0.3 is 14.8 Å². The van der Waals surface area contributed by atoms with Gasteiger partial charge in [-0.2, -0.15) is 0 Å². The Morgan fingerprint density at radius 2 is 2.05 bits per heavy atom. The molecule has 116 valence electrons. The average molecular weight is 291 g/mol. The first-order chi connectivity index (χ1) is 9.90. The number of benzene rings is 1. The summed E-state index contributed by atoms with van der Waals surface area (Å²) in [4.78, 5) is 12.0. The molecule has 1 fully saturated rings. The predicted octanol–water partition coefficient (Wildman–Crippen LogP) is 2.90. The van der Waals surface area contributed by atoms with E-state index in [2.05, 4.69) is 26.1 Å². The molecule has 1 aromatic carbocycles. The third-order valence-corrected chi connectivity index (χ3v) is 4.36. The van der Waals surface area contributed by atoms with Crippen molar-refractivity contribution in [2.75, 3.05) is 14.2 Å². The zero-order valence-corrected chi connectivity index (χ0v) is 13.5. The maximum atomic E-state index is 12.0. The summed E-state index contributed by atoms with van der Waals surface area (Å²) >= 11 is 0. The zero-order valence-electron chi connectivity index (χ0n) is 13.5. The van der Waals surface area contributed by atoms with Crippen LogP contribution >= 0.6 is 0 Å². The summed E-state index contributed by atoms with van der Waals surface area (Å²) in [5.41, 5.74) is 0.814. The Hall–Kier alpha value is -1.71. The Labute approximate surface area is 126 Å². The lowest BCUT2D eigenvalue weighted by atomic mass is 9.73. The van der Waals surface area contributed by atoms with Crippen molar-refractivity contribution >= 4 is 5.91 Å². The molecule has 1 N–H and O–H groups in total. The molecule has 2 unspecified atom stereocenters. The standard InChI is InChI=1S/C17H25NO3/c1-11(2)8-15-17(3,10-16(19)18-15)13-7-6-12(20-4)9-14(13)21-5/h6-7,9,11,15H,8,10H2,1-5H3,(H,18,19). The van der Waals surface area contributed by atoms with Crippen molar-refractivity contribution in [2.24, 2.45) is 5.92 Å². The van der Waals surface area contributed by atoms with Gasteiger partial charge >= 0.3 is 0 Å². The molecule has 21 heavy (non-hydrogen) atoms. The van der Waals surface area contributed by atoms with Crippen LogP contribution < -0.4 is 14.8 Å². The van der Waals surface area contributed by atoms with E-state index in [0.717, 1.165) is 23.5 Å². The number of amides is 1. The minimum atomic E-state index is -0.251. The number of hydrogen-bond acceptors (Lipinski definition) is 3. The molecular formula is C17H25NO3. The van der Waals surface area contributed by atoms with Crippen molar-refractivity contribution < 1.29 is 14.3 Å². The summed E-state index contributed by atoms with van der Waals surface area (Å²) in [5.74, 6) is 2.18. The van der Waals surface area contributed by atoms with Gasteiger partial charge in [0.1, 0.15) is 11.5 Å². The lowest BCUT2D eigenvalue weighted by Crippen LogP contribution is -2.39. The molecule has 0 spiro atoms. The number of hydrogen-bond donors (Lipinski definition) is 1. The van der Waals surface area contributed by atoms with Crippen molar-refractivity contribution in [3.63, 3.8) is 0 Å². The molecule has 1 amide bonds. The van der Waals surface area contributed by atoms with Gasteiger partial charge in [0, 0.05) is 29.5 Å². The first kappa shape index (κ1) is 15.7. The van der Waals surface area contributed by atoms with Gasteiger partial charge in [-0.15, -0.1) is 0 Å². The van der Waals surface area contributed by atoms with Crippen LogP contribution in [0.2, 0.25) is 0 Å². The number of carbonyl (C=O) groups excluding carboxylic acids is 1. The molecule has 0 bridgehead atoms. The van der Waals surface area contributed by atoms with E-state index >= 15 is 0 Å². The predicted molar refractivity (Wildman–Crippen MR) is 82.9 cm³/mol. The molecule has 1 aromatic rings. The largest absolute Gasteiger partial charge is 0.497 e. The average Bonchev–Trinajstić information content (AvgIpc) is 2.72. The number of methoxy groups -OCH3 is 2. The molecule has 1 saturated heterocycles. The summed E-state index contributed by atoms with van der Waals surface area (Å²) in [6, 6.07) is 5.96. The van der Waals surface area contributed by atoms with E-state index in [9.17, 15) is 4.79 Å². The number of ether oxygens (including phenoxy) is 2. The second kappa shape index (κ2) is 5.96. The molecule has 2 atom stereocenters. The normalized spacial score (nSPS) is 25.0. The van der Waals surface area contributed by atoms with E-state index in [1.165, 1.54) is 0 Å². The molecular weight excluding hydrogens is 266 g/mol. The SMILES string of the molecule is COc1ccc(C2(C)CC(=O)NC2CC(C)C)c(OC)c1. The zero-order chi connectivity index (χ0) is 15.6. The van der Waals surface area contributed by atoms with E-state index in [1.54, 1.807) is 14.2 Å². The molecule has 1 heterocycles. The number of nitrogens with one attached hydrogen (secondary N) is 1. The van der Waals surface area contributed by atoms with E-state index in [4.69, 9.17) is 9.47 Å². The Balaban J connectivity index is 2.43. The molecule has 4 heteroatoms. The lowest BCUT2D eigenvalue weighted by Gasteiger charge is -2.33. The van der Waals surface area contributed by atoms with Crippen LogP contribution in [0, 0.1) is 5.92 Å². The maximum absolute atomic E-state index is 12.0. The molecule has 0 aromatic heterocycles. The molecule has 0 aliphatic carbocycles. The Morgan fingerprint density at radius 3 is 2.62 bits per heavy atom. The van der Waals surface area contributed by atoms with Crippen molar-refractivity contribution in [1.29, 1.82) is 0 Å². The van der Waals surface area contributed by atoms with Crippen LogP contribution in [0.3, 0.4) is 0 Å². The monoisotopic (exact) mass is 291 g/mol. The van der Waals surface area contributed by atoms with Gasteiger partial charge in [-0.3, -0.25) is 4.79 Å². The highest BCUT2D eigenvalue weighted by Crippen LogP contribution is 2.43. The fourth-order valence-corrected chi connectivity index (χ4v) is 3.21. The van der Waals surface area contributed by atoms with E-state index < -0.39 is 0 Å². The van der Waals surface area contributed by atoms with Crippen molar-refractivity contribution in [2.45, 2.75) is 45.1 Å². The summed E-state index contributed by atoms with van der Waals surface area (Å²) < 4.78 is 10.8. The smallest absolute Gasteiger partial charge is 0.221 e. The minimum absolute atomic E-state index is 0.112. The summed E-state index contributed by atoms with van der Waals surface area (Å²) in [5, 5.41) is 3.13. The fraction of sp³-hybridized carbons (Fsp3) is 0.588. The van der Waals surface area contributed by atoms with Gasteiger partial charge in [-0.25, -0.2) is 0 Å². The maximum Gasteiger partial charge on any atom is 0.221 e. The van der Waals surface area contributed by atoms with Gasteiger partial charge in [-0.1, -0.05) is 26.8 Å². The molecule has 0 saturated carbocycles. The van der Waals surface area contributed by atoms with Crippen LogP contribution in [0.1, 0.15) is 39.2 Å². The van der Waals surface area contributed by atoms with Crippen LogP contribution in [-0.4, -0.2) is 26.2 Å².